The van der Waals surface area contributed by atoms with Crippen LogP contribution in [0.15, 0.2) is 18.2 Å². The fraction of sp³-hybridized carbons (Fsp3) is 0.467. The summed E-state index contributed by atoms with van der Waals surface area (Å²) in [5.41, 5.74) is 6.32. The first-order chi connectivity index (χ1) is 10.2. The topological polar surface area (TPSA) is 64.8 Å². The molecule has 0 spiro atoms. The molecule has 2 aliphatic rings. The number of carbonyl (C=O) groups excluding carboxylic acids is 1. The number of nitrogens with two attached hydrogens (primary N) is 1. The molecule has 112 valence electrons. The normalized spacial score (nSPS) is 21.0. The fourth-order valence-electron chi connectivity index (χ4n) is 2.87. The Kier molecular flexibility index (Phi) is 3.96. The van der Waals surface area contributed by atoms with Crippen LogP contribution < -0.4 is 15.2 Å². The molecule has 1 aromatic carbocycles. The monoisotopic (exact) mass is 306 g/mol. The highest BCUT2D eigenvalue weighted by molar-refractivity contribution is 7.80. The third-order valence-electron chi connectivity index (χ3n) is 3.89. The summed E-state index contributed by atoms with van der Waals surface area (Å²) in [6.07, 6.45) is 2.84. The smallest absolute Gasteiger partial charge is 0.258 e. The third-order valence-corrected chi connectivity index (χ3v) is 4.16. The standard InChI is InChI=1S/C15H18N2O3S/c16-14(21)11-5-1-2-7-17(11)15(18)10-4-3-6-12-13(10)20-9-8-19-12/h3-4,6,11H,1-2,5,7-9H2,(H2,16,21). The Bertz CT molecular complexity index is 576. The molecular weight excluding hydrogens is 288 g/mol. The number of hydrogen-bond donors (Lipinski definition) is 1. The molecule has 1 unspecified atom stereocenters. The second-order valence-electron chi connectivity index (χ2n) is 5.24. The quantitative estimate of drug-likeness (QED) is 0.843. The minimum absolute atomic E-state index is 0.0881. The van der Waals surface area contributed by atoms with E-state index in [1.807, 2.05) is 6.07 Å². The van der Waals surface area contributed by atoms with Crippen LogP contribution in [0.1, 0.15) is 29.6 Å². The number of fused-ring (bicyclic) bond motifs is 1. The molecule has 0 radical (unpaired) electrons. The zero-order chi connectivity index (χ0) is 14.8. The van der Waals surface area contributed by atoms with Crippen LogP contribution in [-0.2, 0) is 0 Å². The summed E-state index contributed by atoms with van der Waals surface area (Å²) in [6.45, 7) is 1.63. The molecule has 2 heterocycles. The molecule has 1 fully saturated rings. The van der Waals surface area contributed by atoms with Crippen molar-refractivity contribution < 1.29 is 14.3 Å². The molecule has 2 aliphatic heterocycles. The van der Waals surface area contributed by atoms with E-state index in [2.05, 4.69) is 0 Å². The van der Waals surface area contributed by atoms with E-state index in [0.717, 1.165) is 19.3 Å². The summed E-state index contributed by atoms with van der Waals surface area (Å²) in [7, 11) is 0. The molecule has 2 N–H and O–H groups in total. The van der Waals surface area contributed by atoms with Crippen molar-refractivity contribution in [2.45, 2.75) is 25.3 Å². The van der Waals surface area contributed by atoms with Crippen molar-refractivity contribution in [2.75, 3.05) is 19.8 Å². The van der Waals surface area contributed by atoms with Crippen LogP contribution in [0.5, 0.6) is 11.5 Å². The van der Waals surface area contributed by atoms with Gasteiger partial charge in [0.05, 0.1) is 16.6 Å². The SMILES string of the molecule is NC(=S)C1CCCCN1C(=O)c1cccc2c1OCCO2. The second kappa shape index (κ2) is 5.89. The molecule has 1 aromatic rings. The van der Waals surface area contributed by atoms with E-state index < -0.39 is 0 Å². The van der Waals surface area contributed by atoms with E-state index in [-0.39, 0.29) is 11.9 Å². The first-order valence-electron chi connectivity index (χ1n) is 7.17. The molecule has 3 rings (SSSR count). The van der Waals surface area contributed by atoms with Crippen molar-refractivity contribution in [3.63, 3.8) is 0 Å². The summed E-state index contributed by atoms with van der Waals surface area (Å²) in [4.78, 5) is 15.0. The van der Waals surface area contributed by atoms with Crippen LogP contribution in [0, 0.1) is 0 Å². The van der Waals surface area contributed by atoms with Gasteiger partial charge in [0, 0.05) is 6.54 Å². The minimum atomic E-state index is -0.165. The Morgan fingerprint density at radius 3 is 2.90 bits per heavy atom. The van der Waals surface area contributed by atoms with Gasteiger partial charge in [-0.05, 0) is 31.4 Å². The van der Waals surface area contributed by atoms with E-state index in [1.165, 1.54) is 0 Å². The molecule has 1 atom stereocenters. The Hall–Kier alpha value is -1.82. The maximum Gasteiger partial charge on any atom is 0.258 e. The van der Waals surface area contributed by atoms with Gasteiger partial charge in [-0.25, -0.2) is 0 Å². The summed E-state index contributed by atoms with van der Waals surface area (Å²) >= 11 is 5.11. The van der Waals surface area contributed by atoms with Gasteiger partial charge in [-0.3, -0.25) is 4.79 Å². The molecular formula is C15H18N2O3S. The van der Waals surface area contributed by atoms with Gasteiger partial charge in [0.2, 0.25) is 0 Å². The fourth-order valence-corrected chi connectivity index (χ4v) is 3.11. The van der Waals surface area contributed by atoms with Crippen molar-refractivity contribution in [1.29, 1.82) is 0 Å². The number of thiocarbonyl (C=S) groups is 1. The summed E-state index contributed by atoms with van der Waals surface area (Å²) < 4.78 is 11.2. The predicted octanol–water partition coefficient (Wildman–Crippen LogP) is 1.74. The average molecular weight is 306 g/mol. The van der Waals surface area contributed by atoms with Crippen LogP contribution in [0.3, 0.4) is 0 Å². The number of hydrogen-bond acceptors (Lipinski definition) is 4. The number of para-hydroxylation sites is 1. The zero-order valence-electron chi connectivity index (χ0n) is 11.7. The number of likely N-dealkylation sites (tertiary alicyclic amines) is 1. The van der Waals surface area contributed by atoms with Gasteiger partial charge < -0.3 is 20.1 Å². The number of rotatable bonds is 2. The van der Waals surface area contributed by atoms with Gasteiger partial charge >= 0.3 is 0 Å². The predicted molar refractivity (Wildman–Crippen MR) is 82.9 cm³/mol. The maximum absolute atomic E-state index is 12.9. The summed E-state index contributed by atoms with van der Waals surface area (Å²) in [5, 5.41) is 0. The van der Waals surface area contributed by atoms with Crippen LogP contribution in [-0.4, -0.2) is 41.6 Å². The molecule has 0 bridgehead atoms. The van der Waals surface area contributed by atoms with Crippen molar-refractivity contribution in [3.8, 4) is 11.5 Å². The van der Waals surface area contributed by atoms with Crippen molar-refractivity contribution in [2.24, 2.45) is 5.73 Å². The lowest BCUT2D eigenvalue weighted by Gasteiger charge is -2.35. The number of nitrogens with zero attached hydrogens (tertiary/aromatic N) is 1. The van der Waals surface area contributed by atoms with Crippen LogP contribution in [0.2, 0.25) is 0 Å². The maximum atomic E-state index is 12.9. The number of benzene rings is 1. The number of piperidine rings is 1. The molecule has 0 aromatic heterocycles. The average Bonchev–Trinajstić information content (AvgIpc) is 2.53. The van der Waals surface area contributed by atoms with E-state index in [0.29, 0.717) is 41.8 Å². The number of carbonyl (C=O) groups is 1. The first-order valence-corrected chi connectivity index (χ1v) is 7.58. The molecule has 0 saturated carbocycles. The van der Waals surface area contributed by atoms with Gasteiger partial charge in [-0.2, -0.15) is 0 Å². The molecule has 5 nitrogen and oxygen atoms in total. The van der Waals surface area contributed by atoms with Gasteiger partial charge in [-0.1, -0.05) is 18.3 Å². The molecule has 6 heteroatoms. The van der Waals surface area contributed by atoms with Crippen molar-refractivity contribution in [3.05, 3.63) is 23.8 Å². The van der Waals surface area contributed by atoms with Crippen LogP contribution in [0.25, 0.3) is 0 Å². The lowest BCUT2D eigenvalue weighted by Crippen LogP contribution is -2.49. The Labute approximate surface area is 129 Å². The third kappa shape index (κ3) is 2.68. The van der Waals surface area contributed by atoms with Gasteiger partial charge in [-0.15, -0.1) is 0 Å². The molecule has 1 amide bonds. The highest BCUT2D eigenvalue weighted by Crippen LogP contribution is 2.35. The largest absolute Gasteiger partial charge is 0.486 e. The Balaban J connectivity index is 1.92. The minimum Gasteiger partial charge on any atom is -0.486 e. The number of ether oxygens (including phenoxy) is 2. The van der Waals surface area contributed by atoms with E-state index in [4.69, 9.17) is 27.4 Å². The van der Waals surface area contributed by atoms with Gasteiger partial charge in [0.1, 0.15) is 13.2 Å². The van der Waals surface area contributed by atoms with E-state index in [9.17, 15) is 4.79 Å². The van der Waals surface area contributed by atoms with Gasteiger partial charge in [0.15, 0.2) is 11.5 Å². The summed E-state index contributed by atoms with van der Waals surface area (Å²) in [6, 6.07) is 5.22. The van der Waals surface area contributed by atoms with Crippen molar-refractivity contribution >= 4 is 23.1 Å². The highest BCUT2D eigenvalue weighted by atomic mass is 32.1. The molecule has 0 aliphatic carbocycles. The van der Waals surface area contributed by atoms with Crippen LogP contribution >= 0.6 is 12.2 Å². The van der Waals surface area contributed by atoms with Crippen molar-refractivity contribution in [1.82, 2.24) is 4.90 Å². The molecule has 1 saturated heterocycles. The molecule has 21 heavy (non-hydrogen) atoms. The Morgan fingerprint density at radius 1 is 1.29 bits per heavy atom. The lowest BCUT2D eigenvalue weighted by molar-refractivity contribution is 0.0671. The Morgan fingerprint density at radius 2 is 2.10 bits per heavy atom. The van der Waals surface area contributed by atoms with Crippen LogP contribution in [0.4, 0.5) is 0 Å². The lowest BCUT2D eigenvalue weighted by atomic mass is 10.0. The summed E-state index contributed by atoms with van der Waals surface area (Å²) in [5.74, 6) is 1.06. The second-order valence-corrected chi connectivity index (χ2v) is 5.71. The van der Waals surface area contributed by atoms with E-state index in [1.54, 1.807) is 17.0 Å². The van der Waals surface area contributed by atoms with Gasteiger partial charge in [0.25, 0.3) is 5.91 Å². The number of amides is 1. The van der Waals surface area contributed by atoms with E-state index >= 15 is 0 Å². The highest BCUT2D eigenvalue weighted by Gasteiger charge is 2.32. The first kappa shape index (κ1) is 14.1. The zero-order valence-corrected chi connectivity index (χ0v) is 12.5.